The molecule has 0 aliphatic heterocycles. The number of aromatic nitrogens is 1. The second-order valence-corrected chi connectivity index (χ2v) is 4.63. The summed E-state index contributed by atoms with van der Waals surface area (Å²) in [5, 5.41) is 4.26. The summed E-state index contributed by atoms with van der Waals surface area (Å²) in [5.74, 6) is 0. The van der Waals surface area contributed by atoms with Crippen LogP contribution in [0.15, 0.2) is 48.7 Å². The van der Waals surface area contributed by atoms with Gasteiger partial charge in [0.05, 0.1) is 11.7 Å². The fourth-order valence-electron chi connectivity index (χ4n) is 1.91. The Morgan fingerprint density at radius 1 is 1.22 bits per heavy atom. The van der Waals surface area contributed by atoms with Crippen molar-refractivity contribution >= 4 is 11.6 Å². The number of pyridine rings is 1. The van der Waals surface area contributed by atoms with Gasteiger partial charge in [-0.2, -0.15) is 0 Å². The molecule has 0 spiro atoms. The molecule has 2 aromatic rings. The van der Waals surface area contributed by atoms with Gasteiger partial charge in [-0.05, 0) is 42.8 Å². The summed E-state index contributed by atoms with van der Waals surface area (Å²) in [6.45, 7) is 3.11. The average Bonchev–Trinajstić information content (AvgIpc) is 2.40. The first-order valence-electron chi connectivity index (χ1n) is 6.21. The van der Waals surface area contributed by atoms with Crippen LogP contribution in [0.3, 0.4) is 0 Å². The monoisotopic (exact) mass is 260 g/mol. The molecule has 0 aliphatic carbocycles. The van der Waals surface area contributed by atoms with Crippen molar-refractivity contribution in [3.05, 3.63) is 64.9 Å². The molecule has 0 bridgehead atoms. The molecule has 94 valence electrons. The van der Waals surface area contributed by atoms with Gasteiger partial charge >= 0.3 is 0 Å². The lowest BCUT2D eigenvalue weighted by atomic mass is 10.0. The number of halogens is 1. The molecule has 1 heterocycles. The van der Waals surface area contributed by atoms with E-state index in [4.69, 9.17) is 11.6 Å². The molecule has 0 aliphatic rings. The molecule has 0 amide bonds. The van der Waals surface area contributed by atoms with Gasteiger partial charge in [-0.15, -0.1) is 0 Å². The van der Waals surface area contributed by atoms with Gasteiger partial charge in [-0.1, -0.05) is 36.7 Å². The van der Waals surface area contributed by atoms with E-state index in [0.717, 1.165) is 29.2 Å². The Kier molecular flexibility index (Phi) is 4.73. The lowest BCUT2D eigenvalue weighted by Gasteiger charge is -2.18. The van der Waals surface area contributed by atoms with E-state index < -0.39 is 0 Å². The highest BCUT2D eigenvalue weighted by molar-refractivity contribution is 6.30. The van der Waals surface area contributed by atoms with Gasteiger partial charge in [0.25, 0.3) is 0 Å². The van der Waals surface area contributed by atoms with Crippen molar-refractivity contribution in [1.29, 1.82) is 0 Å². The van der Waals surface area contributed by atoms with Crippen LogP contribution >= 0.6 is 11.6 Å². The van der Waals surface area contributed by atoms with Crippen LogP contribution in [-0.2, 0) is 0 Å². The summed E-state index contributed by atoms with van der Waals surface area (Å²) < 4.78 is 0. The molecular formula is C15H17ClN2. The molecule has 1 unspecified atom stereocenters. The molecule has 2 rings (SSSR count). The van der Waals surface area contributed by atoms with Crippen LogP contribution in [0.4, 0.5) is 0 Å². The van der Waals surface area contributed by atoms with Crippen molar-refractivity contribution in [2.24, 2.45) is 0 Å². The molecule has 3 heteroatoms. The number of nitrogens with one attached hydrogen (secondary N) is 1. The van der Waals surface area contributed by atoms with Crippen molar-refractivity contribution in [3.63, 3.8) is 0 Å². The maximum Gasteiger partial charge on any atom is 0.0751 e. The van der Waals surface area contributed by atoms with Gasteiger partial charge in [0.1, 0.15) is 0 Å². The molecule has 0 fully saturated rings. The number of hydrogen-bond donors (Lipinski definition) is 1. The van der Waals surface area contributed by atoms with Crippen LogP contribution in [0, 0.1) is 0 Å². The molecule has 2 nitrogen and oxygen atoms in total. The predicted molar refractivity (Wildman–Crippen MR) is 75.8 cm³/mol. The third kappa shape index (κ3) is 3.31. The van der Waals surface area contributed by atoms with Gasteiger partial charge in [-0.3, -0.25) is 4.98 Å². The van der Waals surface area contributed by atoms with Gasteiger partial charge in [0, 0.05) is 11.2 Å². The van der Waals surface area contributed by atoms with Gasteiger partial charge < -0.3 is 5.32 Å². The largest absolute Gasteiger partial charge is 0.305 e. The molecule has 0 saturated carbocycles. The van der Waals surface area contributed by atoms with Gasteiger partial charge in [-0.25, -0.2) is 0 Å². The van der Waals surface area contributed by atoms with E-state index in [2.05, 4.69) is 23.3 Å². The Balaban J connectivity index is 2.31. The SMILES string of the molecule is CCCNC(c1cccc(Cl)c1)c1ccccn1. The minimum atomic E-state index is 0.102. The minimum absolute atomic E-state index is 0.102. The average molecular weight is 261 g/mol. The zero-order valence-electron chi connectivity index (χ0n) is 10.4. The maximum absolute atomic E-state index is 6.06. The topological polar surface area (TPSA) is 24.9 Å². The quantitative estimate of drug-likeness (QED) is 0.884. The van der Waals surface area contributed by atoms with Crippen molar-refractivity contribution < 1.29 is 0 Å². The van der Waals surface area contributed by atoms with Crippen LogP contribution in [-0.4, -0.2) is 11.5 Å². The molecule has 18 heavy (non-hydrogen) atoms. The summed E-state index contributed by atoms with van der Waals surface area (Å²) in [5.41, 5.74) is 2.17. The first-order valence-corrected chi connectivity index (χ1v) is 6.59. The van der Waals surface area contributed by atoms with E-state index in [9.17, 15) is 0 Å². The fourth-order valence-corrected chi connectivity index (χ4v) is 2.11. The van der Waals surface area contributed by atoms with E-state index >= 15 is 0 Å². The van der Waals surface area contributed by atoms with Crippen molar-refractivity contribution in [2.45, 2.75) is 19.4 Å². The second-order valence-electron chi connectivity index (χ2n) is 4.20. The zero-order valence-corrected chi connectivity index (χ0v) is 11.2. The summed E-state index contributed by atoms with van der Waals surface area (Å²) in [6.07, 6.45) is 2.91. The van der Waals surface area contributed by atoms with Crippen LogP contribution in [0.25, 0.3) is 0 Å². The van der Waals surface area contributed by atoms with Gasteiger partial charge in [0.2, 0.25) is 0 Å². The zero-order chi connectivity index (χ0) is 12.8. The van der Waals surface area contributed by atoms with Crippen LogP contribution in [0.5, 0.6) is 0 Å². The molecule has 1 aromatic heterocycles. The van der Waals surface area contributed by atoms with Gasteiger partial charge in [0.15, 0.2) is 0 Å². The fraction of sp³-hybridized carbons (Fsp3) is 0.267. The summed E-state index contributed by atoms with van der Waals surface area (Å²) in [4.78, 5) is 4.43. The highest BCUT2D eigenvalue weighted by Crippen LogP contribution is 2.22. The number of nitrogens with zero attached hydrogens (tertiary/aromatic N) is 1. The van der Waals surface area contributed by atoms with Crippen molar-refractivity contribution in [3.8, 4) is 0 Å². The van der Waals surface area contributed by atoms with E-state index in [1.807, 2.05) is 42.6 Å². The van der Waals surface area contributed by atoms with Crippen molar-refractivity contribution in [2.75, 3.05) is 6.54 Å². The van der Waals surface area contributed by atoms with Crippen LogP contribution in [0.2, 0.25) is 5.02 Å². The summed E-state index contributed by atoms with van der Waals surface area (Å²) in [6, 6.07) is 14.0. The third-order valence-electron chi connectivity index (χ3n) is 2.76. The second kappa shape index (κ2) is 6.53. The van der Waals surface area contributed by atoms with E-state index in [0.29, 0.717) is 0 Å². The molecule has 1 atom stereocenters. The van der Waals surface area contributed by atoms with E-state index in [1.165, 1.54) is 0 Å². The molecule has 0 radical (unpaired) electrons. The number of hydrogen-bond acceptors (Lipinski definition) is 2. The Morgan fingerprint density at radius 2 is 2.11 bits per heavy atom. The lowest BCUT2D eigenvalue weighted by Crippen LogP contribution is -2.23. The Hall–Kier alpha value is -1.38. The van der Waals surface area contributed by atoms with Crippen molar-refractivity contribution in [1.82, 2.24) is 10.3 Å². The molecule has 0 saturated heterocycles. The molecular weight excluding hydrogens is 244 g/mol. The van der Waals surface area contributed by atoms with Crippen LogP contribution in [0.1, 0.15) is 30.6 Å². The smallest absolute Gasteiger partial charge is 0.0751 e. The standard InChI is InChI=1S/C15H17ClN2/c1-2-9-18-15(14-8-3-4-10-17-14)12-6-5-7-13(16)11-12/h3-8,10-11,15,18H,2,9H2,1H3. The summed E-state index contributed by atoms with van der Waals surface area (Å²) in [7, 11) is 0. The number of benzene rings is 1. The first-order chi connectivity index (χ1) is 8.81. The first kappa shape index (κ1) is 13.1. The normalized spacial score (nSPS) is 12.3. The lowest BCUT2D eigenvalue weighted by molar-refractivity contribution is 0.586. The van der Waals surface area contributed by atoms with E-state index in [-0.39, 0.29) is 6.04 Å². The predicted octanol–water partition coefficient (Wildman–Crippen LogP) is 3.82. The Labute approximate surface area is 113 Å². The van der Waals surface area contributed by atoms with E-state index in [1.54, 1.807) is 0 Å². The Bertz CT molecular complexity index is 485. The third-order valence-corrected chi connectivity index (χ3v) is 3.00. The highest BCUT2D eigenvalue weighted by Gasteiger charge is 2.14. The molecule has 1 aromatic carbocycles. The molecule has 1 N–H and O–H groups in total. The Morgan fingerprint density at radius 3 is 2.78 bits per heavy atom. The summed E-state index contributed by atoms with van der Waals surface area (Å²) >= 11 is 6.06. The number of rotatable bonds is 5. The van der Waals surface area contributed by atoms with Crippen LogP contribution < -0.4 is 5.32 Å². The maximum atomic E-state index is 6.06. The minimum Gasteiger partial charge on any atom is -0.305 e. The highest BCUT2D eigenvalue weighted by atomic mass is 35.5.